The molecule has 19 heavy (non-hydrogen) atoms. The highest BCUT2D eigenvalue weighted by atomic mass is 16.1. The van der Waals surface area contributed by atoms with E-state index in [0.717, 1.165) is 12.8 Å². The van der Waals surface area contributed by atoms with Crippen LogP contribution < -0.4 is 16.4 Å². The summed E-state index contributed by atoms with van der Waals surface area (Å²) in [6.07, 6.45) is 7.81. The van der Waals surface area contributed by atoms with E-state index in [2.05, 4.69) is 20.6 Å². The second-order valence-corrected chi connectivity index (χ2v) is 4.69. The molecule has 3 rings (SSSR count). The van der Waals surface area contributed by atoms with Gasteiger partial charge in [0, 0.05) is 31.4 Å². The van der Waals surface area contributed by atoms with Gasteiger partial charge in [-0.15, -0.1) is 0 Å². The molecule has 100 valence electrons. The minimum atomic E-state index is 0.0678. The molecule has 1 saturated carbocycles. The molecule has 7 heteroatoms. The van der Waals surface area contributed by atoms with Gasteiger partial charge in [0.2, 0.25) is 5.91 Å². The maximum Gasteiger partial charge on any atom is 0.221 e. The van der Waals surface area contributed by atoms with Crippen molar-refractivity contribution < 1.29 is 4.79 Å². The first-order chi connectivity index (χ1) is 9.22. The minimum Gasteiger partial charge on any atom is -0.382 e. The number of nitrogens with one attached hydrogen (secondary N) is 2. The first kappa shape index (κ1) is 11.8. The normalized spacial score (nSPS) is 14.5. The molecule has 1 aliphatic rings. The molecule has 1 fully saturated rings. The molecule has 2 heterocycles. The van der Waals surface area contributed by atoms with Gasteiger partial charge in [0.25, 0.3) is 0 Å². The van der Waals surface area contributed by atoms with E-state index < -0.39 is 0 Å². The van der Waals surface area contributed by atoms with E-state index in [0.29, 0.717) is 36.3 Å². The van der Waals surface area contributed by atoms with Crippen LogP contribution in [0, 0.1) is 0 Å². The summed E-state index contributed by atoms with van der Waals surface area (Å²) in [4.78, 5) is 19.9. The lowest BCUT2D eigenvalue weighted by Gasteiger charge is -2.08. The molecule has 1 aliphatic carbocycles. The van der Waals surface area contributed by atoms with Crippen LogP contribution in [0.5, 0.6) is 0 Å². The third-order valence-corrected chi connectivity index (χ3v) is 2.98. The highest BCUT2D eigenvalue weighted by Gasteiger charge is 2.22. The number of nitrogens with two attached hydrogens (primary N) is 1. The van der Waals surface area contributed by atoms with Crippen molar-refractivity contribution in [1.82, 2.24) is 19.7 Å². The molecule has 0 unspecified atom stereocenters. The lowest BCUT2D eigenvalue weighted by Crippen LogP contribution is -2.27. The Morgan fingerprint density at radius 3 is 3.16 bits per heavy atom. The smallest absolute Gasteiger partial charge is 0.221 e. The fraction of sp³-hybridized carbons (Fsp3) is 0.417. The van der Waals surface area contributed by atoms with Crippen LogP contribution in [0.15, 0.2) is 18.6 Å². The van der Waals surface area contributed by atoms with Crippen LogP contribution in [-0.2, 0) is 4.79 Å². The summed E-state index contributed by atoms with van der Waals surface area (Å²) in [5.41, 5.74) is 6.42. The molecule has 0 saturated heterocycles. The summed E-state index contributed by atoms with van der Waals surface area (Å²) >= 11 is 0. The van der Waals surface area contributed by atoms with E-state index in [1.54, 1.807) is 23.0 Å². The van der Waals surface area contributed by atoms with Gasteiger partial charge < -0.3 is 20.8 Å². The van der Waals surface area contributed by atoms with Crippen molar-refractivity contribution in [1.29, 1.82) is 0 Å². The molecule has 0 aromatic carbocycles. The molecule has 0 aliphatic heterocycles. The summed E-state index contributed by atoms with van der Waals surface area (Å²) < 4.78 is 1.80. The molecule has 7 nitrogen and oxygen atoms in total. The predicted octanol–water partition coefficient (Wildman–Crippen LogP) is 0.392. The highest BCUT2D eigenvalue weighted by Crippen LogP contribution is 2.18. The number of hydrogen-bond acceptors (Lipinski definition) is 5. The van der Waals surface area contributed by atoms with Crippen molar-refractivity contribution >= 4 is 23.2 Å². The van der Waals surface area contributed by atoms with Gasteiger partial charge >= 0.3 is 0 Å². The molecule has 2 aromatic rings. The number of amides is 1. The van der Waals surface area contributed by atoms with Crippen LogP contribution in [0.2, 0.25) is 0 Å². The second kappa shape index (κ2) is 4.75. The average Bonchev–Trinajstić information content (AvgIpc) is 3.04. The lowest BCUT2D eigenvalue weighted by molar-refractivity contribution is -0.120. The highest BCUT2D eigenvalue weighted by molar-refractivity contribution is 5.77. The number of carbonyl (C=O) groups is 1. The van der Waals surface area contributed by atoms with E-state index in [9.17, 15) is 4.79 Å². The largest absolute Gasteiger partial charge is 0.382 e. The molecule has 1 amide bonds. The van der Waals surface area contributed by atoms with Crippen molar-refractivity contribution in [2.75, 3.05) is 17.6 Å². The Labute approximate surface area is 110 Å². The number of fused-ring (bicyclic) bond motifs is 1. The topological polar surface area (TPSA) is 97.3 Å². The van der Waals surface area contributed by atoms with Gasteiger partial charge in [-0.1, -0.05) is 0 Å². The zero-order valence-corrected chi connectivity index (χ0v) is 10.5. The second-order valence-electron chi connectivity index (χ2n) is 4.69. The Morgan fingerprint density at radius 1 is 1.53 bits per heavy atom. The molecule has 0 spiro atoms. The number of aromatic nitrogens is 3. The number of imidazole rings is 1. The minimum absolute atomic E-state index is 0.0678. The number of rotatable bonds is 5. The quantitative estimate of drug-likeness (QED) is 0.722. The van der Waals surface area contributed by atoms with Gasteiger partial charge in [0.1, 0.15) is 5.82 Å². The Bertz CT molecular complexity index is 603. The number of anilines is 2. The van der Waals surface area contributed by atoms with E-state index in [1.807, 2.05) is 0 Å². The van der Waals surface area contributed by atoms with Gasteiger partial charge in [0.15, 0.2) is 11.5 Å². The summed E-state index contributed by atoms with van der Waals surface area (Å²) in [5.74, 6) is 1.08. The Kier molecular flexibility index (Phi) is 2.94. The summed E-state index contributed by atoms with van der Waals surface area (Å²) in [7, 11) is 0. The SMILES string of the molecule is Nc1cn2ccnc2c(NCCC(=O)NC2CC2)n1. The Morgan fingerprint density at radius 2 is 2.37 bits per heavy atom. The fourth-order valence-corrected chi connectivity index (χ4v) is 1.89. The maximum atomic E-state index is 11.5. The van der Waals surface area contributed by atoms with E-state index in [1.165, 1.54) is 0 Å². The lowest BCUT2D eigenvalue weighted by atomic mass is 10.4. The molecule has 0 bridgehead atoms. The van der Waals surface area contributed by atoms with Crippen LogP contribution in [0.25, 0.3) is 5.65 Å². The van der Waals surface area contributed by atoms with Gasteiger partial charge in [0.05, 0.1) is 6.20 Å². The van der Waals surface area contributed by atoms with E-state index in [4.69, 9.17) is 5.73 Å². The standard InChI is InChI=1S/C12H16N6O/c13-9-7-18-6-5-15-12(18)11(17-9)14-4-3-10(19)16-8-1-2-8/h5-8H,1-4,13H2,(H,14,17)(H,16,19). The molecular weight excluding hydrogens is 244 g/mol. The first-order valence-corrected chi connectivity index (χ1v) is 6.35. The van der Waals surface area contributed by atoms with Gasteiger partial charge in [-0.3, -0.25) is 4.79 Å². The third kappa shape index (κ3) is 2.75. The number of hydrogen-bond donors (Lipinski definition) is 3. The van der Waals surface area contributed by atoms with Crippen molar-refractivity contribution in [2.45, 2.75) is 25.3 Å². The van der Waals surface area contributed by atoms with Gasteiger partial charge in [-0.25, -0.2) is 9.97 Å². The number of carbonyl (C=O) groups excluding carboxylic acids is 1. The number of nitrogens with zero attached hydrogens (tertiary/aromatic N) is 3. The summed E-state index contributed by atoms with van der Waals surface area (Å²) in [6.45, 7) is 0.511. The van der Waals surface area contributed by atoms with Crippen LogP contribution >= 0.6 is 0 Å². The Balaban J connectivity index is 1.61. The van der Waals surface area contributed by atoms with Gasteiger partial charge in [-0.2, -0.15) is 0 Å². The summed E-state index contributed by atoms with van der Waals surface area (Å²) in [6, 6.07) is 0.400. The predicted molar refractivity (Wildman–Crippen MR) is 71.7 cm³/mol. The molecule has 0 radical (unpaired) electrons. The monoisotopic (exact) mass is 260 g/mol. The van der Waals surface area contributed by atoms with Crippen molar-refractivity contribution in [3.05, 3.63) is 18.6 Å². The van der Waals surface area contributed by atoms with Crippen LogP contribution in [-0.4, -0.2) is 32.9 Å². The van der Waals surface area contributed by atoms with Crippen molar-refractivity contribution in [3.8, 4) is 0 Å². The van der Waals surface area contributed by atoms with E-state index >= 15 is 0 Å². The van der Waals surface area contributed by atoms with Crippen LogP contribution in [0.3, 0.4) is 0 Å². The van der Waals surface area contributed by atoms with Crippen LogP contribution in [0.4, 0.5) is 11.6 Å². The van der Waals surface area contributed by atoms with Crippen molar-refractivity contribution in [2.24, 2.45) is 0 Å². The average molecular weight is 260 g/mol. The molecular formula is C12H16N6O. The zero-order chi connectivity index (χ0) is 13.2. The van der Waals surface area contributed by atoms with Crippen LogP contribution in [0.1, 0.15) is 19.3 Å². The number of nitrogen functional groups attached to an aromatic ring is 1. The molecule has 0 atom stereocenters. The molecule has 4 N–H and O–H groups in total. The summed E-state index contributed by atoms with van der Waals surface area (Å²) in [5, 5.41) is 6.04. The van der Waals surface area contributed by atoms with E-state index in [-0.39, 0.29) is 5.91 Å². The third-order valence-electron chi connectivity index (χ3n) is 2.98. The maximum absolute atomic E-state index is 11.5. The van der Waals surface area contributed by atoms with Crippen molar-refractivity contribution in [3.63, 3.8) is 0 Å². The van der Waals surface area contributed by atoms with Gasteiger partial charge in [-0.05, 0) is 12.8 Å². The molecule has 2 aromatic heterocycles. The first-order valence-electron chi connectivity index (χ1n) is 6.35. The Hall–Kier alpha value is -2.31. The zero-order valence-electron chi connectivity index (χ0n) is 10.5. The fourth-order valence-electron chi connectivity index (χ4n) is 1.89.